The van der Waals surface area contributed by atoms with Gasteiger partial charge in [0.05, 0.1) is 10.5 Å². The molecule has 0 fully saturated rings. The van der Waals surface area contributed by atoms with Crippen LogP contribution in [0, 0.1) is 0 Å². The van der Waals surface area contributed by atoms with Crippen molar-refractivity contribution >= 4 is 38.4 Å². The molecular formula is C16H14BrClN2O. The number of aromatic nitrogens is 2. The minimum atomic E-state index is 0.398. The molecule has 3 nitrogen and oxygen atoms in total. The molecule has 3 rings (SSSR count). The first-order valence-corrected chi connectivity index (χ1v) is 8.07. The van der Waals surface area contributed by atoms with E-state index in [1.807, 2.05) is 48.1 Å². The molecule has 0 aliphatic carbocycles. The summed E-state index contributed by atoms with van der Waals surface area (Å²) in [7, 11) is 1.93. The van der Waals surface area contributed by atoms with Gasteiger partial charge < -0.3 is 4.74 Å². The van der Waals surface area contributed by atoms with Gasteiger partial charge in [-0.25, -0.2) is 0 Å². The Morgan fingerprint density at radius 1 is 1.24 bits per heavy atom. The SMILES string of the molecule is Cn1nc(COc2ccc(CBr)cc2Cl)c2ccccc21. The molecule has 1 heterocycles. The number of hydrogen-bond donors (Lipinski definition) is 0. The number of para-hydroxylation sites is 1. The van der Waals surface area contributed by atoms with Gasteiger partial charge in [-0.3, -0.25) is 4.68 Å². The van der Waals surface area contributed by atoms with E-state index >= 15 is 0 Å². The van der Waals surface area contributed by atoms with Crippen LogP contribution in [0.1, 0.15) is 11.3 Å². The summed E-state index contributed by atoms with van der Waals surface area (Å²) in [5, 5.41) is 7.01. The van der Waals surface area contributed by atoms with Crippen LogP contribution in [0.4, 0.5) is 0 Å². The Morgan fingerprint density at radius 2 is 2.05 bits per heavy atom. The summed E-state index contributed by atoms with van der Waals surface area (Å²) < 4.78 is 7.69. The van der Waals surface area contributed by atoms with Gasteiger partial charge in [0.25, 0.3) is 0 Å². The van der Waals surface area contributed by atoms with Gasteiger partial charge in [0.15, 0.2) is 0 Å². The van der Waals surface area contributed by atoms with E-state index in [1.54, 1.807) is 0 Å². The van der Waals surface area contributed by atoms with Crippen LogP contribution in [0.25, 0.3) is 10.9 Å². The van der Waals surface area contributed by atoms with Gasteiger partial charge in [-0.2, -0.15) is 5.10 Å². The zero-order chi connectivity index (χ0) is 14.8. The summed E-state index contributed by atoms with van der Waals surface area (Å²) in [6, 6.07) is 13.9. The number of fused-ring (bicyclic) bond motifs is 1. The van der Waals surface area contributed by atoms with Gasteiger partial charge in [0.2, 0.25) is 0 Å². The molecule has 0 radical (unpaired) electrons. The fraction of sp³-hybridized carbons (Fsp3) is 0.188. The molecular weight excluding hydrogens is 352 g/mol. The number of halogens is 2. The van der Waals surface area contributed by atoms with Gasteiger partial charge in [-0.05, 0) is 23.8 Å². The highest BCUT2D eigenvalue weighted by Gasteiger charge is 2.10. The lowest BCUT2D eigenvalue weighted by Crippen LogP contribution is -1.99. The summed E-state index contributed by atoms with van der Waals surface area (Å²) in [5.41, 5.74) is 3.13. The van der Waals surface area contributed by atoms with Gasteiger partial charge in [0, 0.05) is 17.8 Å². The normalized spacial score (nSPS) is 11.0. The van der Waals surface area contributed by atoms with Gasteiger partial charge >= 0.3 is 0 Å². The van der Waals surface area contributed by atoms with Gasteiger partial charge in [-0.1, -0.05) is 51.8 Å². The third-order valence-electron chi connectivity index (χ3n) is 3.35. The Hall–Kier alpha value is -1.52. The number of hydrogen-bond acceptors (Lipinski definition) is 2. The Labute approximate surface area is 136 Å². The van der Waals surface area contributed by atoms with Crippen molar-refractivity contribution in [2.45, 2.75) is 11.9 Å². The van der Waals surface area contributed by atoms with Crippen LogP contribution in [0.3, 0.4) is 0 Å². The third kappa shape index (κ3) is 2.92. The van der Waals surface area contributed by atoms with Crippen molar-refractivity contribution in [2.24, 2.45) is 7.05 Å². The maximum atomic E-state index is 6.23. The van der Waals surface area contributed by atoms with E-state index in [0.29, 0.717) is 17.4 Å². The molecule has 0 saturated heterocycles. The van der Waals surface area contributed by atoms with Crippen molar-refractivity contribution in [1.82, 2.24) is 9.78 Å². The lowest BCUT2D eigenvalue weighted by atomic mass is 10.2. The average Bonchev–Trinajstić information content (AvgIpc) is 2.83. The molecule has 0 saturated carbocycles. The second-order valence-corrected chi connectivity index (χ2v) is 5.74. The predicted octanol–water partition coefficient (Wildman–Crippen LogP) is 4.70. The van der Waals surface area contributed by atoms with Crippen LogP contribution in [0.15, 0.2) is 42.5 Å². The smallest absolute Gasteiger partial charge is 0.138 e. The quantitative estimate of drug-likeness (QED) is 0.627. The summed E-state index contributed by atoms with van der Waals surface area (Å²) in [6.45, 7) is 0.398. The number of benzene rings is 2. The molecule has 0 aliphatic rings. The molecule has 0 unspecified atom stereocenters. The molecule has 3 aromatic rings. The molecule has 2 aromatic carbocycles. The lowest BCUT2D eigenvalue weighted by molar-refractivity contribution is 0.301. The van der Waals surface area contributed by atoms with Crippen LogP contribution in [-0.4, -0.2) is 9.78 Å². The second-order valence-electron chi connectivity index (χ2n) is 4.77. The number of ether oxygens (including phenoxy) is 1. The Kier molecular flexibility index (Phi) is 4.17. The van der Waals surface area contributed by atoms with E-state index in [0.717, 1.165) is 27.5 Å². The third-order valence-corrected chi connectivity index (χ3v) is 4.29. The first-order valence-electron chi connectivity index (χ1n) is 6.57. The minimum absolute atomic E-state index is 0.398. The van der Waals surface area contributed by atoms with Crippen LogP contribution < -0.4 is 4.74 Å². The number of rotatable bonds is 4. The van der Waals surface area contributed by atoms with E-state index in [9.17, 15) is 0 Å². The summed E-state index contributed by atoms with van der Waals surface area (Å²) in [5.74, 6) is 0.677. The van der Waals surface area contributed by atoms with E-state index in [4.69, 9.17) is 16.3 Å². The van der Waals surface area contributed by atoms with Crippen molar-refractivity contribution in [1.29, 1.82) is 0 Å². The summed E-state index contributed by atoms with van der Waals surface area (Å²) >= 11 is 9.64. The number of nitrogens with zero attached hydrogens (tertiary/aromatic N) is 2. The van der Waals surface area contributed by atoms with Crippen LogP contribution >= 0.6 is 27.5 Å². The van der Waals surface area contributed by atoms with E-state index in [2.05, 4.69) is 27.1 Å². The molecule has 1 aromatic heterocycles. The monoisotopic (exact) mass is 364 g/mol. The Morgan fingerprint density at radius 3 is 2.81 bits per heavy atom. The molecule has 0 bridgehead atoms. The standard InChI is InChI=1S/C16H14BrClN2O/c1-20-15-5-3-2-4-12(15)14(19-20)10-21-16-7-6-11(9-17)8-13(16)18/h2-8H,9-10H2,1H3. The van der Waals surface area contributed by atoms with E-state index < -0.39 is 0 Å². The highest BCUT2D eigenvalue weighted by Crippen LogP contribution is 2.28. The zero-order valence-corrected chi connectivity index (χ0v) is 13.9. The van der Waals surface area contributed by atoms with Gasteiger partial charge in [-0.15, -0.1) is 0 Å². The maximum absolute atomic E-state index is 6.23. The predicted molar refractivity (Wildman–Crippen MR) is 89.1 cm³/mol. The first-order chi connectivity index (χ1) is 10.2. The molecule has 0 atom stereocenters. The molecule has 21 heavy (non-hydrogen) atoms. The summed E-state index contributed by atoms with van der Waals surface area (Å²) in [6.07, 6.45) is 0. The number of alkyl halides is 1. The van der Waals surface area contributed by atoms with E-state index in [1.165, 1.54) is 0 Å². The second kappa shape index (κ2) is 6.08. The van der Waals surface area contributed by atoms with Crippen LogP contribution in [0.5, 0.6) is 5.75 Å². The highest BCUT2D eigenvalue weighted by molar-refractivity contribution is 9.08. The van der Waals surface area contributed by atoms with E-state index in [-0.39, 0.29) is 0 Å². The fourth-order valence-corrected chi connectivity index (χ4v) is 2.89. The molecule has 0 aliphatic heterocycles. The highest BCUT2D eigenvalue weighted by atomic mass is 79.9. The van der Waals surface area contributed by atoms with Crippen LogP contribution in [0.2, 0.25) is 5.02 Å². The summed E-state index contributed by atoms with van der Waals surface area (Å²) in [4.78, 5) is 0. The van der Waals surface area contributed by atoms with Gasteiger partial charge in [0.1, 0.15) is 18.1 Å². The Balaban J connectivity index is 1.84. The maximum Gasteiger partial charge on any atom is 0.138 e. The molecule has 0 N–H and O–H groups in total. The zero-order valence-electron chi connectivity index (χ0n) is 11.5. The van der Waals surface area contributed by atoms with Crippen LogP contribution in [-0.2, 0) is 19.0 Å². The average molecular weight is 366 g/mol. The largest absolute Gasteiger partial charge is 0.486 e. The van der Waals surface area contributed by atoms with Crippen molar-refractivity contribution in [3.63, 3.8) is 0 Å². The minimum Gasteiger partial charge on any atom is -0.486 e. The molecule has 0 spiro atoms. The number of aryl methyl sites for hydroxylation is 1. The lowest BCUT2D eigenvalue weighted by Gasteiger charge is -2.07. The first kappa shape index (κ1) is 14.4. The van der Waals surface area contributed by atoms with Crippen molar-refractivity contribution in [3.8, 4) is 5.75 Å². The Bertz CT molecular complexity index is 785. The van der Waals surface area contributed by atoms with Crippen molar-refractivity contribution in [3.05, 3.63) is 58.7 Å². The topological polar surface area (TPSA) is 27.1 Å². The van der Waals surface area contributed by atoms with Crippen molar-refractivity contribution < 1.29 is 4.74 Å². The van der Waals surface area contributed by atoms with Crippen molar-refractivity contribution in [2.75, 3.05) is 0 Å². The molecule has 108 valence electrons. The fourth-order valence-electron chi connectivity index (χ4n) is 2.29. The molecule has 5 heteroatoms. The molecule has 0 amide bonds.